The summed E-state index contributed by atoms with van der Waals surface area (Å²) >= 11 is 5.17. The smallest absolute Gasteiger partial charge is 0.419 e. The Morgan fingerprint density at radius 3 is 2.07 bits per heavy atom. The van der Waals surface area contributed by atoms with E-state index in [9.17, 15) is 31.1 Å². The van der Waals surface area contributed by atoms with Crippen LogP contribution in [0.1, 0.15) is 40.2 Å². The van der Waals surface area contributed by atoms with Crippen molar-refractivity contribution in [3.63, 3.8) is 0 Å². The molecule has 1 saturated carbocycles. The highest BCUT2D eigenvalue weighted by Crippen LogP contribution is 2.47. The van der Waals surface area contributed by atoms with Crippen LogP contribution in [-0.2, 0) is 12.4 Å². The number of nitrogens with zero attached hydrogens (tertiary/aromatic N) is 6. The minimum atomic E-state index is -4.51. The first-order valence-corrected chi connectivity index (χ1v) is 14.1. The van der Waals surface area contributed by atoms with Gasteiger partial charge in [0.1, 0.15) is 12.3 Å². The molecule has 8 nitrogen and oxygen atoms in total. The predicted octanol–water partition coefficient (Wildman–Crippen LogP) is 6.94. The zero-order valence-electron chi connectivity index (χ0n) is 23.6. The van der Waals surface area contributed by atoms with Crippen molar-refractivity contribution in [2.24, 2.45) is 11.8 Å². The third-order valence-electron chi connectivity index (χ3n) is 7.41. The van der Waals surface area contributed by atoms with Crippen LogP contribution in [0.15, 0.2) is 67.3 Å². The van der Waals surface area contributed by atoms with Crippen LogP contribution < -0.4 is 4.74 Å². The van der Waals surface area contributed by atoms with Gasteiger partial charge in [0.25, 0.3) is 5.91 Å². The number of halogens is 7. The molecule has 236 valence electrons. The summed E-state index contributed by atoms with van der Waals surface area (Å²) in [6.45, 7) is 2.56. The largest absolute Gasteiger partial charge is 0.461 e. The van der Waals surface area contributed by atoms with E-state index in [-0.39, 0.29) is 29.8 Å². The molecule has 4 aromatic rings. The number of pyridine rings is 1. The lowest BCUT2D eigenvalue weighted by Gasteiger charge is -2.35. The second-order valence-corrected chi connectivity index (χ2v) is 11.0. The number of carbonyl (C=O) groups excluding carboxylic acids is 1. The van der Waals surface area contributed by atoms with Gasteiger partial charge in [0.2, 0.25) is 5.28 Å². The van der Waals surface area contributed by atoms with Gasteiger partial charge >= 0.3 is 18.4 Å². The SMILES string of the molecule is Cc1ccc(-c2ccccc2)c(C(=O)N2C[C@@H]3C[C@@H]3C[C@H]2COc2ncc(C(F)(F)F)cn2)n1.FC(F)(F)c1cnc(Cl)nc1. The monoisotopic (exact) mass is 650 g/mol. The van der Waals surface area contributed by atoms with Gasteiger partial charge in [-0.2, -0.15) is 26.3 Å². The molecular weight excluding hydrogens is 626 g/mol. The number of likely N-dealkylation sites (tertiary alicyclic amines) is 1. The first-order chi connectivity index (χ1) is 21.3. The van der Waals surface area contributed by atoms with Crippen LogP contribution in [0.2, 0.25) is 5.28 Å². The molecule has 1 saturated heterocycles. The number of amides is 1. The molecule has 1 aliphatic heterocycles. The van der Waals surface area contributed by atoms with Crippen molar-refractivity contribution >= 4 is 17.5 Å². The topological polar surface area (TPSA) is 94.0 Å². The van der Waals surface area contributed by atoms with E-state index in [1.807, 2.05) is 49.4 Å². The molecule has 0 spiro atoms. The van der Waals surface area contributed by atoms with Crippen LogP contribution >= 0.6 is 11.6 Å². The highest BCUT2D eigenvalue weighted by Gasteiger charge is 2.48. The molecule has 2 fully saturated rings. The van der Waals surface area contributed by atoms with E-state index in [1.165, 1.54) is 0 Å². The number of aryl methyl sites for hydroxylation is 1. The maximum atomic E-state index is 13.7. The van der Waals surface area contributed by atoms with Gasteiger partial charge in [-0.15, -0.1) is 0 Å². The van der Waals surface area contributed by atoms with E-state index in [1.54, 1.807) is 4.90 Å². The Hall–Kier alpha value is -4.33. The highest BCUT2D eigenvalue weighted by atomic mass is 35.5. The second kappa shape index (κ2) is 13.0. The molecule has 2 aliphatic rings. The Morgan fingerprint density at radius 2 is 1.47 bits per heavy atom. The zero-order valence-corrected chi connectivity index (χ0v) is 24.3. The standard InChI is InChI=1S/C25H23F3N4O2.C5H2ClF3N2/c1-15-7-8-21(16-5-3-2-4-6-16)22(31-15)23(33)32-13-18-9-17(18)10-20(32)14-34-24-29-11-19(12-30-24)25(26,27)28;6-4-10-1-3(2-11-4)5(7,8)9/h2-8,11-12,17-18,20H,9-10,13-14H2,1H3;1-2H/t17-,18+,20+;/m1./s1. The average molecular weight is 651 g/mol. The minimum Gasteiger partial charge on any atom is -0.461 e. The maximum absolute atomic E-state index is 13.7. The summed E-state index contributed by atoms with van der Waals surface area (Å²) in [7, 11) is 0. The number of rotatable bonds is 5. The van der Waals surface area contributed by atoms with Crippen LogP contribution in [0, 0.1) is 18.8 Å². The second-order valence-electron chi connectivity index (χ2n) is 10.6. The molecular formula is C30H25ClF6N6O2. The van der Waals surface area contributed by atoms with Crippen LogP contribution in [0.4, 0.5) is 26.3 Å². The third kappa shape index (κ3) is 8.04. The van der Waals surface area contributed by atoms with Crippen molar-refractivity contribution in [2.75, 3.05) is 13.2 Å². The van der Waals surface area contributed by atoms with Gasteiger partial charge in [0, 0.05) is 42.6 Å². The number of fused-ring (bicyclic) bond motifs is 1. The predicted molar refractivity (Wildman–Crippen MR) is 150 cm³/mol. The molecule has 0 N–H and O–H groups in total. The highest BCUT2D eigenvalue weighted by molar-refractivity contribution is 6.28. The van der Waals surface area contributed by atoms with Gasteiger partial charge in [-0.05, 0) is 54.8 Å². The number of aromatic nitrogens is 5. The molecule has 0 unspecified atom stereocenters. The minimum absolute atomic E-state index is 0.104. The zero-order chi connectivity index (χ0) is 32.4. The van der Waals surface area contributed by atoms with Crippen molar-refractivity contribution in [2.45, 2.75) is 38.2 Å². The Bertz CT molecular complexity index is 1620. The van der Waals surface area contributed by atoms with E-state index < -0.39 is 23.5 Å². The van der Waals surface area contributed by atoms with E-state index in [2.05, 4.69) is 24.9 Å². The van der Waals surface area contributed by atoms with Crippen LogP contribution in [0.5, 0.6) is 6.01 Å². The van der Waals surface area contributed by atoms with Crippen molar-refractivity contribution in [1.29, 1.82) is 0 Å². The Balaban J connectivity index is 0.000000309. The molecule has 45 heavy (non-hydrogen) atoms. The molecule has 0 radical (unpaired) electrons. The molecule has 3 aromatic heterocycles. The van der Waals surface area contributed by atoms with Crippen LogP contribution in [0.25, 0.3) is 11.1 Å². The summed E-state index contributed by atoms with van der Waals surface area (Å²) in [6.07, 6.45) is -4.41. The van der Waals surface area contributed by atoms with E-state index in [0.29, 0.717) is 48.9 Å². The van der Waals surface area contributed by atoms with E-state index in [0.717, 1.165) is 29.7 Å². The molecule has 3 atom stereocenters. The van der Waals surface area contributed by atoms with Crippen molar-refractivity contribution in [3.8, 4) is 17.1 Å². The van der Waals surface area contributed by atoms with Gasteiger partial charge in [-0.3, -0.25) is 4.79 Å². The number of benzene rings is 1. The van der Waals surface area contributed by atoms with Gasteiger partial charge < -0.3 is 9.64 Å². The van der Waals surface area contributed by atoms with Gasteiger partial charge in [0.15, 0.2) is 0 Å². The number of alkyl halides is 6. The number of carbonyl (C=O) groups is 1. The summed E-state index contributed by atoms with van der Waals surface area (Å²) in [6, 6.07) is 13.0. The molecule has 0 bridgehead atoms. The maximum Gasteiger partial charge on any atom is 0.419 e. The summed E-state index contributed by atoms with van der Waals surface area (Å²) in [5.74, 6) is 0.826. The summed E-state index contributed by atoms with van der Waals surface area (Å²) < 4.78 is 79.3. The van der Waals surface area contributed by atoms with Crippen molar-refractivity contribution in [1.82, 2.24) is 29.8 Å². The fourth-order valence-corrected chi connectivity index (χ4v) is 5.08. The first-order valence-electron chi connectivity index (χ1n) is 13.7. The Labute approximate surface area is 258 Å². The number of ether oxygens (including phenoxy) is 1. The average Bonchev–Trinajstić information content (AvgIpc) is 3.78. The van der Waals surface area contributed by atoms with Gasteiger partial charge in [-0.25, -0.2) is 24.9 Å². The van der Waals surface area contributed by atoms with E-state index in [4.69, 9.17) is 16.3 Å². The van der Waals surface area contributed by atoms with E-state index >= 15 is 0 Å². The molecule has 4 heterocycles. The molecule has 15 heteroatoms. The summed E-state index contributed by atoms with van der Waals surface area (Å²) in [5, 5.41) is -0.196. The van der Waals surface area contributed by atoms with Crippen LogP contribution in [-0.4, -0.2) is 54.9 Å². The van der Waals surface area contributed by atoms with Crippen molar-refractivity contribution < 1.29 is 35.9 Å². The first kappa shape index (κ1) is 32.1. The lowest BCUT2D eigenvalue weighted by molar-refractivity contribution is -0.139. The van der Waals surface area contributed by atoms with Crippen molar-refractivity contribution in [3.05, 3.63) is 95.1 Å². The molecule has 6 rings (SSSR count). The summed E-state index contributed by atoms with van der Waals surface area (Å²) in [5.41, 5.74) is 0.970. The Kier molecular flexibility index (Phi) is 9.23. The number of hydrogen-bond donors (Lipinski definition) is 0. The molecule has 1 aromatic carbocycles. The molecule has 1 aliphatic carbocycles. The number of hydrogen-bond acceptors (Lipinski definition) is 7. The lowest BCUT2D eigenvalue weighted by atomic mass is 9.99. The quantitative estimate of drug-likeness (QED) is 0.171. The number of piperidine rings is 1. The fraction of sp³-hybridized carbons (Fsp3) is 0.333. The Morgan fingerprint density at radius 1 is 0.867 bits per heavy atom. The lowest BCUT2D eigenvalue weighted by Crippen LogP contribution is -2.48. The normalized spacial score (nSPS) is 19.2. The van der Waals surface area contributed by atoms with Crippen LogP contribution in [0.3, 0.4) is 0 Å². The summed E-state index contributed by atoms with van der Waals surface area (Å²) in [4.78, 5) is 33.8. The third-order valence-corrected chi connectivity index (χ3v) is 7.60. The fourth-order valence-electron chi connectivity index (χ4n) is 4.98. The van der Waals surface area contributed by atoms with Gasteiger partial charge in [-0.1, -0.05) is 36.4 Å². The van der Waals surface area contributed by atoms with Gasteiger partial charge in [0.05, 0.1) is 17.2 Å². The molecule has 1 amide bonds.